The van der Waals surface area contributed by atoms with Crippen molar-refractivity contribution in [2.45, 2.75) is 31.8 Å². The Labute approximate surface area is 200 Å². The quantitative estimate of drug-likeness (QED) is 0.506. The molecule has 0 aromatic heterocycles. The van der Waals surface area contributed by atoms with Crippen LogP contribution in [0.15, 0.2) is 72.8 Å². The van der Waals surface area contributed by atoms with E-state index >= 15 is 0 Å². The molecule has 2 unspecified atom stereocenters. The highest BCUT2D eigenvalue weighted by molar-refractivity contribution is 5.91. The molecule has 3 rings (SSSR count). The van der Waals surface area contributed by atoms with E-state index in [9.17, 15) is 14.4 Å². The minimum atomic E-state index is -0.779. The van der Waals surface area contributed by atoms with Crippen LogP contribution in [0.25, 0.3) is 10.8 Å². The lowest BCUT2D eigenvalue weighted by molar-refractivity contribution is -0.148. The Bertz CT molecular complexity index is 1150. The van der Waals surface area contributed by atoms with Gasteiger partial charge in [-0.2, -0.15) is 0 Å². The first-order valence-corrected chi connectivity index (χ1v) is 11.3. The van der Waals surface area contributed by atoms with Gasteiger partial charge in [0.05, 0.1) is 6.04 Å². The number of benzene rings is 3. The zero-order valence-electron chi connectivity index (χ0n) is 20.1. The molecule has 0 saturated heterocycles. The summed E-state index contributed by atoms with van der Waals surface area (Å²) < 4.78 is 0. The third kappa shape index (κ3) is 6.20. The first-order valence-electron chi connectivity index (χ1n) is 11.3. The molecule has 0 bridgehead atoms. The van der Waals surface area contributed by atoms with Crippen molar-refractivity contribution in [3.63, 3.8) is 0 Å². The Morgan fingerprint density at radius 2 is 1.44 bits per heavy atom. The Balaban J connectivity index is 1.82. The molecule has 2 N–H and O–H groups in total. The summed E-state index contributed by atoms with van der Waals surface area (Å²) in [5, 5.41) is 6.52. The van der Waals surface area contributed by atoms with Crippen LogP contribution in [-0.4, -0.2) is 60.9 Å². The van der Waals surface area contributed by atoms with Crippen LogP contribution >= 0.6 is 0 Å². The number of hydrogen-bond donors (Lipinski definition) is 2. The number of nitrogens with zero attached hydrogens (tertiary/aromatic N) is 2. The third-order valence-electron chi connectivity index (χ3n) is 5.93. The second kappa shape index (κ2) is 11.4. The van der Waals surface area contributed by atoms with Gasteiger partial charge in [0.1, 0.15) is 6.04 Å². The van der Waals surface area contributed by atoms with Crippen LogP contribution in [0.1, 0.15) is 18.1 Å². The molecule has 0 spiro atoms. The van der Waals surface area contributed by atoms with Gasteiger partial charge >= 0.3 is 0 Å². The summed E-state index contributed by atoms with van der Waals surface area (Å²) in [5.74, 6) is -0.913. The molecule has 3 amide bonds. The predicted molar refractivity (Wildman–Crippen MR) is 134 cm³/mol. The van der Waals surface area contributed by atoms with E-state index in [0.29, 0.717) is 12.8 Å². The molecule has 2 atom stereocenters. The predicted octanol–water partition coefficient (Wildman–Crippen LogP) is 2.55. The number of fused-ring (bicyclic) bond motifs is 1. The van der Waals surface area contributed by atoms with Gasteiger partial charge in [0, 0.05) is 27.4 Å². The van der Waals surface area contributed by atoms with Gasteiger partial charge in [0.25, 0.3) is 5.91 Å². The maximum absolute atomic E-state index is 13.5. The summed E-state index contributed by atoms with van der Waals surface area (Å²) in [4.78, 5) is 39.8. The third-order valence-corrected chi connectivity index (χ3v) is 5.93. The minimum Gasteiger partial charge on any atom is -0.332 e. The molecule has 3 aromatic carbocycles. The largest absolute Gasteiger partial charge is 0.332 e. The average molecular weight is 461 g/mol. The van der Waals surface area contributed by atoms with Crippen molar-refractivity contribution in [2.24, 2.45) is 0 Å². The Hall–Kier alpha value is -3.71. The van der Waals surface area contributed by atoms with Crippen molar-refractivity contribution in [1.82, 2.24) is 20.7 Å². The van der Waals surface area contributed by atoms with Gasteiger partial charge in [-0.1, -0.05) is 72.8 Å². The monoisotopic (exact) mass is 460 g/mol. The molecule has 3 aromatic rings. The van der Waals surface area contributed by atoms with Crippen molar-refractivity contribution in [3.05, 3.63) is 83.9 Å². The fourth-order valence-electron chi connectivity index (χ4n) is 4.06. The molecule has 178 valence electrons. The minimum absolute atomic E-state index is 0.193. The lowest BCUT2D eigenvalue weighted by atomic mass is 9.99. The van der Waals surface area contributed by atoms with Gasteiger partial charge in [-0.25, -0.2) is 0 Å². The van der Waals surface area contributed by atoms with Crippen molar-refractivity contribution in [2.75, 3.05) is 21.1 Å². The highest BCUT2D eigenvalue weighted by atomic mass is 16.2. The van der Waals surface area contributed by atoms with Gasteiger partial charge in [-0.3, -0.25) is 24.8 Å². The Kier molecular flexibility index (Phi) is 8.38. The number of hydrazine groups is 1. The molecular weight excluding hydrogens is 428 g/mol. The van der Waals surface area contributed by atoms with Crippen LogP contribution < -0.4 is 10.7 Å². The average Bonchev–Trinajstić information content (AvgIpc) is 2.84. The van der Waals surface area contributed by atoms with Crippen molar-refractivity contribution >= 4 is 28.5 Å². The molecule has 7 nitrogen and oxygen atoms in total. The van der Waals surface area contributed by atoms with Gasteiger partial charge in [0.15, 0.2) is 0 Å². The highest BCUT2D eigenvalue weighted by Gasteiger charge is 2.33. The number of nitrogens with one attached hydrogen (secondary N) is 2. The van der Waals surface area contributed by atoms with E-state index in [1.807, 2.05) is 54.6 Å². The number of amides is 3. The van der Waals surface area contributed by atoms with E-state index in [1.54, 1.807) is 14.1 Å². The van der Waals surface area contributed by atoms with Crippen LogP contribution in [0.3, 0.4) is 0 Å². The molecule has 7 heteroatoms. The van der Waals surface area contributed by atoms with Gasteiger partial charge in [-0.15, -0.1) is 0 Å². The number of carbonyl (C=O) groups is 3. The summed E-state index contributed by atoms with van der Waals surface area (Å²) in [6.07, 6.45) is 0.816. The molecular formula is C27H32N4O3. The standard InChI is InChI=1S/C27H32N4O3/c1-19(32)29-31(4)27(34)25(18-20-10-6-5-7-11-20)30(3)26(33)24(28-2)17-21-14-15-22-12-8-9-13-23(22)16-21/h5-16,24-25,28H,17-18H2,1-4H3,(H,29,32). The fourth-order valence-corrected chi connectivity index (χ4v) is 4.06. The fraction of sp³-hybridized carbons (Fsp3) is 0.296. The molecule has 34 heavy (non-hydrogen) atoms. The summed E-state index contributed by atoms with van der Waals surface area (Å²) >= 11 is 0. The summed E-state index contributed by atoms with van der Waals surface area (Å²) in [6.45, 7) is 1.34. The van der Waals surface area contributed by atoms with Gasteiger partial charge < -0.3 is 10.2 Å². The lowest BCUT2D eigenvalue weighted by Gasteiger charge is -2.33. The molecule has 0 radical (unpaired) electrons. The lowest BCUT2D eigenvalue weighted by Crippen LogP contribution is -2.57. The summed E-state index contributed by atoms with van der Waals surface area (Å²) in [5.41, 5.74) is 4.45. The molecule has 0 saturated carbocycles. The molecule has 0 heterocycles. The van der Waals surface area contributed by atoms with Crippen LogP contribution in [0.2, 0.25) is 0 Å². The highest BCUT2D eigenvalue weighted by Crippen LogP contribution is 2.18. The maximum Gasteiger partial charge on any atom is 0.263 e. The van der Waals surface area contributed by atoms with Crippen LogP contribution in [0, 0.1) is 0 Å². The van der Waals surface area contributed by atoms with Crippen LogP contribution in [0.5, 0.6) is 0 Å². The van der Waals surface area contributed by atoms with E-state index in [2.05, 4.69) is 28.9 Å². The van der Waals surface area contributed by atoms with E-state index in [-0.39, 0.29) is 17.7 Å². The molecule has 0 aliphatic carbocycles. The SMILES string of the molecule is CNC(Cc1ccc2ccccc2c1)C(=O)N(C)C(Cc1ccccc1)C(=O)N(C)NC(C)=O. The second-order valence-corrected chi connectivity index (χ2v) is 8.45. The van der Waals surface area contributed by atoms with Crippen molar-refractivity contribution < 1.29 is 14.4 Å². The smallest absolute Gasteiger partial charge is 0.263 e. The molecule has 0 fully saturated rings. The summed E-state index contributed by atoms with van der Waals surface area (Å²) in [6, 6.07) is 22.5. The zero-order valence-corrected chi connectivity index (χ0v) is 20.1. The Morgan fingerprint density at radius 1 is 0.794 bits per heavy atom. The summed E-state index contributed by atoms with van der Waals surface area (Å²) in [7, 11) is 4.87. The van der Waals surface area contributed by atoms with Crippen LogP contribution in [0.4, 0.5) is 0 Å². The number of carbonyl (C=O) groups excluding carboxylic acids is 3. The Morgan fingerprint density at radius 3 is 2.09 bits per heavy atom. The zero-order chi connectivity index (χ0) is 24.7. The second-order valence-electron chi connectivity index (χ2n) is 8.45. The molecule has 0 aliphatic rings. The van der Waals surface area contributed by atoms with Gasteiger partial charge in [0.2, 0.25) is 11.8 Å². The topological polar surface area (TPSA) is 81.8 Å². The van der Waals surface area contributed by atoms with Gasteiger partial charge in [-0.05, 0) is 35.4 Å². The van der Waals surface area contributed by atoms with Crippen molar-refractivity contribution in [3.8, 4) is 0 Å². The van der Waals surface area contributed by atoms with E-state index in [0.717, 1.165) is 26.9 Å². The number of rotatable bonds is 8. The first kappa shape index (κ1) is 24.9. The van der Waals surface area contributed by atoms with Crippen molar-refractivity contribution in [1.29, 1.82) is 0 Å². The first-order chi connectivity index (χ1) is 16.3. The number of likely N-dealkylation sites (N-methyl/N-ethyl adjacent to an activating group) is 3. The normalized spacial score (nSPS) is 12.6. The van der Waals surface area contributed by atoms with E-state index < -0.39 is 12.1 Å². The van der Waals surface area contributed by atoms with E-state index in [1.165, 1.54) is 18.9 Å². The molecule has 0 aliphatic heterocycles. The van der Waals surface area contributed by atoms with E-state index in [4.69, 9.17) is 0 Å². The maximum atomic E-state index is 13.5. The number of hydrogen-bond acceptors (Lipinski definition) is 4. The van der Waals surface area contributed by atoms with Crippen LogP contribution in [-0.2, 0) is 27.2 Å².